The molecule has 0 atom stereocenters. The Morgan fingerprint density at radius 2 is 2.14 bits per heavy atom. The molecule has 0 aliphatic carbocycles. The number of benzene rings is 1. The highest BCUT2D eigenvalue weighted by Gasteiger charge is 2.20. The molecule has 22 heavy (non-hydrogen) atoms. The van der Waals surface area contributed by atoms with E-state index >= 15 is 0 Å². The van der Waals surface area contributed by atoms with Gasteiger partial charge in [-0.15, -0.1) is 0 Å². The summed E-state index contributed by atoms with van der Waals surface area (Å²) in [5.74, 6) is -0.949. The predicted molar refractivity (Wildman–Crippen MR) is 81.6 cm³/mol. The van der Waals surface area contributed by atoms with Crippen LogP contribution in [0.25, 0.3) is 0 Å². The number of aromatic nitrogens is 1. The minimum Gasteiger partial charge on any atom is -0.478 e. The standard InChI is InChI=1S/C15H15ClN2O4/c1-3-4-12-13(8(2)18-22-12)14(19)17-9-5-6-10(15(20)21)11(16)7-9/h5-7H,3-4H2,1-2H3,(H,17,19)(H,20,21). The van der Waals surface area contributed by atoms with E-state index in [1.807, 2.05) is 6.92 Å². The van der Waals surface area contributed by atoms with Crippen LogP contribution >= 0.6 is 11.6 Å². The molecule has 0 saturated carbocycles. The van der Waals surface area contributed by atoms with Crippen LogP contribution in [0.2, 0.25) is 5.02 Å². The van der Waals surface area contributed by atoms with Gasteiger partial charge < -0.3 is 14.9 Å². The molecular formula is C15H15ClN2O4. The number of anilines is 1. The van der Waals surface area contributed by atoms with E-state index in [0.29, 0.717) is 29.1 Å². The first-order valence-electron chi connectivity index (χ1n) is 6.73. The number of hydrogen-bond donors (Lipinski definition) is 2. The number of nitrogens with one attached hydrogen (secondary N) is 1. The van der Waals surface area contributed by atoms with Crippen molar-refractivity contribution in [1.29, 1.82) is 0 Å². The summed E-state index contributed by atoms with van der Waals surface area (Å²) < 4.78 is 5.15. The van der Waals surface area contributed by atoms with E-state index in [1.165, 1.54) is 18.2 Å². The highest BCUT2D eigenvalue weighted by Crippen LogP contribution is 2.23. The summed E-state index contributed by atoms with van der Waals surface area (Å²) in [5, 5.41) is 15.5. The number of halogens is 1. The van der Waals surface area contributed by atoms with Crippen LogP contribution in [0.15, 0.2) is 22.7 Å². The van der Waals surface area contributed by atoms with E-state index in [9.17, 15) is 9.59 Å². The maximum atomic E-state index is 12.4. The van der Waals surface area contributed by atoms with Crippen molar-refractivity contribution < 1.29 is 19.2 Å². The van der Waals surface area contributed by atoms with E-state index in [-0.39, 0.29) is 16.5 Å². The fraction of sp³-hybridized carbons (Fsp3) is 0.267. The van der Waals surface area contributed by atoms with E-state index in [1.54, 1.807) is 6.92 Å². The molecule has 0 spiro atoms. The minimum atomic E-state index is -1.12. The monoisotopic (exact) mass is 322 g/mol. The zero-order valence-electron chi connectivity index (χ0n) is 12.1. The highest BCUT2D eigenvalue weighted by atomic mass is 35.5. The Bertz CT molecular complexity index is 724. The molecule has 0 aliphatic heterocycles. The van der Waals surface area contributed by atoms with Crippen molar-refractivity contribution in [2.75, 3.05) is 5.32 Å². The second-order valence-electron chi connectivity index (χ2n) is 4.77. The van der Waals surface area contributed by atoms with Crippen LogP contribution in [-0.2, 0) is 6.42 Å². The summed E-state index contributed by atoms with van der Waals surface area (Å²) >= 11 is 5.88. The molecule has 0 fully saturated rings. The Morgan fingerprint density at radius 3 is 2.73 bits per heavy atom. The quantitative estimate of drug-likeness (QED) is 0.878. The lowest BCUT2D eigenvalue weighted by Gasteiger charge is -2.07. The van der Waals surface area contributed by atoms with Crippen LogP contribution in [0.1, 0.15) is 45.5 Å². The second kappa shape index (κ2) is 6.62. The van der Waals surface area contributed by atoms with Crippen LogP contribution in [0.4, 0.5) is 5.69 Å². The van der Waals surface area contributed by atoms with Crippen LogP contribution < -0.4 is 5.32 Å². The molecule has 6 nitrogen and oxygen atoms in total. The summed E-state index contributed by atoms with van der Waals surface area (Å²) in [6, 6.07) is 4.22. The number of nitrogens with zero attached hydrogens (tertiary/aromatic N) is 1. The average Bonchev–Trinajstić information content (AvgIpc) is 2.80. The Kier molecular flexibility index (Phi) is 4.82. The maximum absolute atomic E-state index is 12.4. The van der Waals surface area contributed by atoms with Gasteiger partial charge in [-0.1, -0.05) is 23.7 Å². The fourth-order valence-electron chi connectivity index (χ4n) is 2.07. The highest BCUT2D eigenvalue weighted by molar-refractivity contribution is 6.33. The molecule has 116 valence electrons. The zero-order valence-corrected chi connectivity index (χ0v) is 12.9. The van der Waals surface area contributed by atoms with Gasteiger partial charge in [0.05, 0.1) is 16.3 Å². The van der Waals surface area contributed by atoms with E-state index in [2.05, 4.69) is 10.5 Å². The molecule has 1 aromatic heterocycles. The lowest BCUT2D eigenvalue weighted by Crippen LogP contribution is -2.14. The van der Waals surface area contributed by atoms with Crippen molar-refractivity contribution in [1.82, 2.24) is 5.16 Å². The number of carbonyl (C=O) groups excluding carboxylic acids is 1. The second-order valence-corrected chi connectivity index (χ2v) is 5.18. The molecule has 2 aromatic rings. The first-order chi connectivity index (χ1) is 10.4. The molecule has 0 unspecified atom stereocenters. The summed E-state index contributed by atoms with van der Waals surface area (Å²) in [4.78, 5) is 23.3. The predicted octanol–water partition coefficient (Wildman–Crippen LogP) is 3.54. The number of aryl methyl sites for hydroxylation is 2. The van der Waals surface area contributed by atoms with Crippen molar-refractivity contribution >= 4 is 29.2 Å². The third-order valence-electron chi connectivity index (χ3n) is 3.09. The molecule has 0 aliphatic rings. The first kappa shape index (κ1) is 16.0. The Labute approximate surface area is 132 Å². The zero-order chi connectivity index (χ0) is 16.3. The van der Waals surface area contributed by atoms with Crippen LogP contribution in [0, 0.1) is 6.92 Å². The first-order valence-corrected chi connectivity index (χ1v) is 7.11. The number of carboxylic acids is 1. The van der Waals surface area contributed by atoms with Crippen molar-refractivity contribution in [3.63, 3.8) is 0 Å². The fourth-order valence-corrected chi connectivity index (χ4v) is 2.33. The maximum Gasteiger partial charge on any atom is 0.337 e. The molecule has 1 amide bonds. The normalized spacial score (nSPS) is 10.5. The molecule has 0 bridgehead atoms. The topological polar surface area (TPSA) is 92.4 Å². The molecule has 7 heteroatoms. The van der Waals surface area contributed by atoms with Crippen molar-refractivity contribution in [2.45, 2.75) is 26.7 Å². The molecule has 2 rings (SSSR count). The summed E-state index contributed by atoms with van der Waals surface area (Å²) in [6.07, 6.45) is 1.44. The van der Waals surface area contributed by atoms with Gasteiger partial charge in [-0.2, -0.15) is 0 Å². The number of aromatic carboxylic acids is 1. The van der Waals surface area contributed by atoms with Crippen molar-refractivity contribution in [2.24, 2.45) is 0 Å². The van der Waals surface area contributed by atoms with E-state index < -0.39 is 5.97 Å². The average molecular weight is 323 g/mol. The van der Waals surface area contributed by atoms with Crippen LogP contribution in [0.5, 0.6) is 0 Å². The Hall–Kier alpha value is -2.34. The molecule has 1 heterocycles. The molecule has 0 radical (unpaired) electrons. The number of amides is 1. The van der Waals surface area contributed by atoms with Gasteiger partial charge in [-0.05, 0) is 31.5 Å². The summed E-state index contributed by atoms with van der Waals surface area (Å²) in [5.41, 5.74) is 1.30. The number of rotatable bonds is 5. The van der Waals surface area contributed by atoms with Gasteiger partial charge in [0.15, 0.2) is 0 Å². The molecule has 0 saturated heterocycles. The molecule has 1 aromatic carbocycles. The van der Waals surface area contributed by atoms with E-state index in [4.69, 9.17) is 21.2 Å². The van der Waals surface area contributed by atoms with Crippen LogP contribution in [0.3, 0.4) is 0 Å². The summed E-state index contributed by atoms with van der Waals surface area (Å²) in [6.45, 7) is 3.67. The smallest absolute Gasteiger partial charge is 0.337 e. The van der Waals surface area contributed by atoms with Crippen molar-refractivity contribution in [3.05, 3.63) is 45.8 Å². The number of carbonyl (C=O) groups is 2. The lowest BCUT2D eigenvalue weighted by atomic mass is 10.1. The van der Waals surface area contributed by atoms with Crippen LogP contribution in [-0.4, -0.2) is 22.1 Å². The Morgan fingerprint density at radius 1 is 1.41 bits per heavy atom. The van der Waals surface area contributed by atoms with Gasteiger partial charge in [0, 0.05) is 12.1 Å². The minimum absolute atomic E-state index is 0.0208. The lowest BCUT2D eigenvalue weighted by molar-refractivity contribution is 0.0697. The third-order valence-corrected chi connectivity index (χ3v) is 3.41. The number of carboxylic acid groups (broad SMARTS) is 1. The van der Waals surface area contributed by atoms with Gasteiger partial charge in [-0.25, -0.2) is 4.79 Å². The van der Waals surface area contributed by atoms with Crippen molar-refractivity contribution in [3.8, 4) is 0 Å². The van der Waals surface area contributed by atoms with Gasteiger partial charge >= 0.3 is 5.97 Å². The van der Waals surface area contributed by atoms with Gasteiger partial charge in [0.1, 0.15) is 11.3 Å². The largest absolute Gasteiger partial charge is 0.478 e. The number of hydrogen-bond acceptors (Lipinski definition) is 4. The SMILES string of the molecule is CCCc1onc(C)c1C(=O)Nc1ccc(C(=O)O)c(Cl)c1. The Balaban J connectivity index is 2.24. The molecular weight excluding hydrogens is 308 g/mol. The van der Waals surface area contributed by atoms with Gasteiger partial charge in [-0.3, -0.25) is 4.79 Å². The third kappa shape index (κ3) is 3.28. The van der Waals surface area contributed by atoms with Gasteiger partial charge in [0.2, 0.25) is 0 Å². The molecule has 2 N–H and O–H groups in total. The van der Waals surface area contributed by atoms with E-state index in [0.717, 1.165) is 6.42 Å². The van der Waals surface area contributed by atoms with Gasteiger partial charge in [0.25, 0.3) is 5.91 Å². The summed E-state index contributed by atoms with van der Waals surface area (Å²) in [7, 11) is 0.